The van der Waals surface area contributed by atoms with Gasteiger partial charge in [0.15, 0.2) is 0 Å². The van der Waals surface area contributed by atoms with Crippen LogP contribution in [0.5, 0.6) is 0 Å². The third-order valence-corrected chi connectivity index (χ3v) is 3.73. The third kappa shape index (κ3) is 3.08. The zero-order valence-electron chi connectivity index (χ0n) is 9.87. The van der Waals surface area contributed by atoms with E-state index in [1.165, 1.54) is 30.5 Å². The van der Waals surface area contributed by atoms with Gasteiger partial charge in [0, 0.05) is 11.8 Å². The maximum absolute atomic E-state index is 12.0. The summed E-state index contributed by atoms with van der Waals surface area (Å²) in [5, 5.41) is 7.30. The van der Waals surface area contributed by atoms with Gasteiger partial charge >= 0.3 is 0 Å². The standard InChI is InChI=1S/C12H12N4O2S/c13-12(14)9-6-7-15-11(8-9)16-19(17,18)10-4-2-1-3-5-10/h1-8H,(H3,13,14)(H,15,16). The van der Waals surface area contributed by atoms with E-state index in [0.717, 1.165) is 0 Å². The van der Waals surface area contributed by atoms with Crippen molar-refractivity contribution in [3.63, 3.8) is 0 Å². The number of nitrogen functional groups attached to an aromatic ring is 1. The molecule has 0 unspecified atom stereocenters. The summed E-state index contributed by atoms with van der Waals surface area (Å²) in [6.45, 7) is 0. The number of pyridine rings is 1. The predicted octanol–water partition coefficient (Wildman–Crippen LogP) is 1.17. The van der Waals surface area contributed by atoms with Gasteiger partial charge in [-0.2, -0.15) is 0 Å². The van der Waals surface area contributed by atoms with Crippen molar-refractivity contribution in [2.75, 3.05) is 4.72 Å². The second kappa shape index (κ2) is 5.07. The quantitative estimate of drug-likeness (QED) is 0.575. The lowest BCUT2D eigenvalue weighted by molar-refractivity contribution is 0.601. The Kier molecular flexibility index (Phi) is 3.48. The molecule has 2 rings (SSSR count). The zero-order valence-corrected chi connectivity index (χ0v) is 10.7. The van der Waals surface area contributed by atoms with E-state index in [2.05, 4.69) is 9.71 Å². The van der Waals surface area contributed by atoms with Gasteiger partial charge in [0.2, 0.25) is 0 Å². The van der Waals surface area contributed by atoms with Crippen molar-refractivity contribution in [1.82, 2.24) is 4.98 Å². The van der Waals surface area contributed by atoms with Crippen molar-refractivity contribution >= 4 is 21.7 Å². The van der Waals surface area contributed by atoms with Gasteiger partial charge in [0.25, 0.3) is 10.0 Å². The number of amidine groups is 1. The average Bonchev–Trinajstić information content (AvgIpc) is 2.39. The minimum atomic E-state index is -3.68. The molecule has 0 aliphatic rings. The molecule has 0 atom stereocenters. The van der Waals surface area contributed by atoms with Crippen molar-refractivity contribution in [2.24, 2.45) is 5.73 Å². The van der Waals surface area contributed by atoms with Gasteiger partial charge in [-0.05, 0) is 24.3 Å². The molecular weight excluding hydrogens is 264 g/mol. The minimum absolute atomic E-state index is 0.122. The second-order valence-corrected chi connectivity index (χ2v) is 5.44. The summed E-state index contributed by atoms with van der Waals surface area (Å²) in [6.07, 6.45) is 1.39. The van der Waals surface area contributed by atoms with Crippen LogP contribution in [0.4, 0.5) is 5.82 Å². The molecule has 0 amide bonds. The lowest BCUT2D eigenvalue weighted by Crippen LogP contribution is -2.16. The normalized spacial score (nSPS) is 10.9. The number of hydrogen-bond acceptors (Lipinski definition) is 4. The molecule has 0 fully saturated rings. The summed E-state index contributed by atoms with van der Waals surface area (Å²) >= 11 is 0. The molecule has 19 heavy (non-hydrogen) atoms. The van der Waals surface area contributed by atoms with Crippen LogP contribution < -0.4 is 10.5 Å². The summed E-state index contributed by atoms with van der Waals surface area (Å²) in [6, 6.07) is 10.9. The Morgan fingerprint density at radius 2 is 1.89 bits per heavy atom. The number of nitrogens with two attached hydrogens (primary N) is 1. The Labute approximate surface area is 110 Å². The van der Waals surface area contributed by atoms with E-state index < -0.39 is 10.0 Å². The topological polar surface area (TPSA) is 109 Å². The molecule has 7 heteroatoms. The summed E-state index contributed by atoms with van der Waals surface area (Å²) in [5.41, 5.74) is 5.74. The molecule has 0 saturated heterocycles. The Hall–Kier alpha value is -2.41. The van der Waals surface area contributed by atoms with Crippen molar-refractivity contribution in [3.8, 4) is 0 Å². The third-order valence-electron chi connectivity index (χ3n) is 2.36. The highest BCUT2D eigenvalue weighted by Gasteiger charge is 2.14. The van der Waals surface area contributed by atoms with E-state index in [1.807, 2.05) is 0 Å². The molecule has 0 aliphatic heterocycles. The number of sulfonamides is 1. The first-order valence-electron chi connectivity index (χ1n) is 5.37. The molecule has 2 aromatic rings. The Bertz CT molecular complexity index is 699. The van der Waals surface area contributed by atoms with E-state index in [1.54, 1.807) is 18.2 Å². The smallest absolute Gasteiger partial charge is 0.263 e. The van der Waals surface area contributed by atoms with Crippen LogP contribution >= 0.6 is 0 Å². The zero-order chi connectivity index (χ0) is 13.9. The second-order valence-electron chi connectivity index (χ2n) is 3.76. The Balaban J connectivity index is 2.31. The fourth-order valence-electron chi connectivity index (χ4n) is 1.45. The summed E-state index contributed by atoms with van der Waals surface area (Å²) in [4.78, 5) is 4.03. The fourth-order valence-corrected chi connectivity index (χ4v) is 2.47. The van der Waals surface area contributed by atoms with E-state index in [-0.39, 0.29) is 16.5 Å². The first kappa shape index (κ1) is 13.0. The number of hydrogen-bond donors (Lipinski definition) is 3. The highest BCUT2D eigenvalue weighted by molar-refractivity contribution is 7.92. The molecule has 0 aliphatic carbocycles. The summed E-state index contributed by atoms with van der Waals surface area (Å²) in [7, 11) is -3.68. The number of benzene rings is 1. The number of nitrogens with one attached hydrogen (secondary N) is 2. The first-order chi connectivity index (χ1) is 8.99. The molecule has 6 nitrogen and oxygen atoms in total. The van der Waals surface area contributed by atoms with E-state index in [0.29, 0.717) is 5.56 Å². The molecule has 1 aromatic heterocycles. The lowest BCUT2D eigenvalue weighted by atomic mass is 10.2. The minimum Gasteiger partial charge on any atom is -0.384 e. The fraction of sp³-hybridized carbons (Fsp3) is 0. The van der Waals surface area contributed by atoms with Crippen LogP contribution in [0.2, 0.25) is 0 Å². The van der Waals surface area contributed by atoms with Crippen LogP contribution in [0.25, 0.3) is 0 Å². The van der Waals surface area contributed by atoms with E-state index in [4.69, 9.17) is 11.1 Å². The molecule has 0 spiro atoms. The highest BCUT2D eigenvalue weighted by Crippen LogP contribution is 2.14. The van der Waals surface area contributed by atoms with Crippen LogP contribution in [0.15, 0.2) is 53.6 Å². The van der Waals surface area contributed by atoms with Gasteiger partial charge in [-0.25, -0.2) is 13.4 Å². The van der Waals surface area contributed by atoms with E-state index in [9.17, 15) is 8.42 Å². The van der Waals surface area contributed by atoms with Crippen molar-refractivity contribution < 1.29 is 8.42 Å². The van der Waals surface area contributed by atoms with Crippen molar-refractivity contribution in [1.29, 1.82) is 5.41 Å². The summed E-state index contributed by atoms with van der Waals surface area (Å²) < 4.78 is 26.4. The van der Waals surface area contributed by atoms with Crippen LogP contribution in [0.1, 0.15) is 5.56 Å². The Morgan fingerprint density at radius 1 is 1.21 bits per heavy atom. The number of nitrogens with zero attached hydrogens (tertiary/aromatic N) is 1. The van der Waals surface area contributed by atoms with Crippen LogP contribution in [-0.4, -0.2) is 19.2 Å². The lowest BCUT2D eigenvalue weighted by Gasteiger charge is -2.08. The van der Waals surface area contributed by atoms with Gasteiger partial charge in [0.05, 0.1) is 4.90 Å². The SMILES string of the molecule is N=C(N)c1ccnc(NS(=O)(=O)c2ccccc2)c1. The maximum Gasteiger partial charge on any atom is 0.263 e. The van der Waals surface area contributed by atoms with Crippen LogP contribution in [-0.2, 0) is 10.0 Å². The molecule has 0 saturated carbocycles. The number of rotatable bonds is 4. The Morgan fingerprint density at radius 3 is 2.53 bits per heavy atom. The largest absolute Gasteiger partial charge is 0.384 e. The van der Waals surface area contributed by atoms with E-state index >= 15 is 0 Å². The molecule has 1 heterocycles. The van der Waals surface area contributed by atoms with Crippen LogP contribution in [0.3, 0.4) is 0 Å². The number of aromatic nitrogens is 1. The average molecular weight is 276 g/mol. The van der Waals surface area contributed by atoms with Crippen LogP contribution in [0, 0.1) is 5.41 Å². The molecule has 0 bridgehead atoms. The molecular formula is C12H12N4O2S. The van der Waals surface area contributed by atoms with Crippen molar-refractivity contribution in [3.05, 3.63) is 54.2 Å². The van der Waals surface area contributed by atoms with Gasteiger partial charge in [-0.15, -0.1) is 0 Å². The maximum atomic E-state index is 12.0. The van der Waals surface area contributed by atoms with Gasteiger partial charge in [-0.3, -0.25) is 10.1 Å². The first-order valence-corrected chi connectivity index (χ1v) is 6.86. The van der Waals surface area contributed by atoms with Gasteiger partial charge in [-0.1, -0.05) is 18.2 Å². The number of anilines is 1. The highest BCUT2D eigenvalue weighted by atomic mass is 32.2. The molecule has 0 radical (unpaired) electrons. The van der Waals surface area contributed by atoms with Gasteiger partial charge in [0.1, 0.15) is 11.7 Å². The molecule has 98 valence electrons. The predicted molar refractivity (Wildman–Crippen MR) is 72.5 cm³/mol. The monoisotopic (exact) mass is 276 g/mol. The molecule has 4 N–H and O–H groups in total. The van der Waals surface area contributed by atoms with Gasteiger partial charge < -0.3 is 5.73 Å². The molecule has 1 aromatic carbocycles. The summed E-state index contributed by atoms with van der Waals surface area (Å²) in [5.74, 6) is -0.0286. The van der Waals surface area contributed by atoms with Crippen molar-refractivity contribution in [2.45, 2.75) is 4.90 Å².